The lowest BCUT2D eigenvalue weighted by Gasteiger charge is -2.39. The molecule has 0 amide bonds. The van der Waals surface area contributed by atoms with Gasteiger partial charge in [0.2, 0.25) is 0 Å². The van der Waals surface area contributed by atoms with Gasteiger partial charge in [-0.25, -0.2) is 0 Å². The molecule has 4 saturated carbocycles. The van der Waals surface area contributed by atoms with Crippen LogP contribution >= 0.6 is 0 Å². The smallest absolute Gasteiger partial charge is 0.142 e. The standard InChI is InChI=1S/C11H16O/c1-10(2)6-4-7-8(9(10)12)11(7,3)5-6/h6-8H,4-5H2,1-3H3/t6-,7+,8+,11-/m1/s1. The van der Waals surface area contributed by atoms with Crippen LogP contribution in [0.5, 0.6) is 0 Å². The normalized spacial score (nSPS) is 58.9. The van der Waals surface area contributed by atoms with E-state index in [-0.39, 0.29) is 5.41 Å². The number of hydrogen-bond acceptors (Lipinski definition) is 1. The first kappa shape index (κ1) is 7.11. The van der Waals surface area contributed by atoms with Crippen LogP contribution in [0, 0.1) is 28.6 Å². The zero-order chi connectivity index (χ0) is 8.72. The fourth-order valence-electron chi connectivity index (χ4n) is 3.90. The van der Waals surface area contributed by atoms with Gasteiger partial charge in [-0.1, -0.05) is 20.8 Å². The zero-order valence-corrected chi connectivity index (χ0v) is 8.05. The van der Waals surface area contributed by atoms with Crippen LogP contribution in [-0.2, 0) is 4.79 Å². The Labute approximate surface area is 73.5 Å². The molecule has 0 N–H and O–H groups in total. The van der Waals surface area contributed by atoms with E-state index in [9.17, 15) is 4.79 Å². The molecule has 4 bridgehead atoms. The molecule has 0 aromatic rings. The summed E-state index contributed by atoms with van der Waals surface area (Å²) in [5.74, 6) is 2.50. The SMILES string of the molecule is CC1(C)C(=O)[C@@H]2[C@@H]3C[C@@H]1C[C@@]23C. The van der Waals surface area contributed by atoms with Crippen molar-refractivity contribution in [1.82, 2.24) is 0 Å². The van der Waals surface area contributed by atoms with Crippen molar-refractivity contribution < 1.29 is 4.79 Å². The molecule has 0 saturated heterocycles. The minimum Gasteiger partial charge on any atom is -0.299 e. The maximum atomic E-state index is 11.9. The first-order chi connectivity index (χ1) is 5.48. The third-order valence-electron chi connectivity index (χ3n) is 5.01. The molecule has 4 aliphatic rings. The number of rotatable bonds is 0. The molecule has 0 unspecified atom stereocenters. The van der Waals surface area contributed by atoms with E-state index in [0.29, 0.717) is 23.0 Å². The van der Waals surface area contributed by atoms with E-state index in [0.717, 1.165) is 5.92 Å². The van der Waals surface area contributed by atoms with E-state index in [4.69, 9.17) is 0 Å². The Hall–Kier alpha value is -0.330. The van der Waals surface area contributed by atoms with Crippen molar-refractivity contribution in [3.8, 4) is 0 Å². The van der Waals surface area contributed by atoms with Gasteiger partial charge >= 0.3 is 0 Å². The number of Topliss-reactive ketones (excluding diaryl/α,β-unsaturated/α-hetero) is 1. The average Bonchev–Trinajstić information content (AvgIpc) is 2.35. The van der Waals surface area contributed by atoms with Gasteiger partial charge in [0.25, 0.3) is 0 Å². The molecule has 0 aliphatic heterocycles. The van der Waals surface area contributed by atoms with Crippen LogP contribution in [0.3, 0.4) is 0 Å². The summed E-state index contributed by atoms with van der Waals surface area (Å²) in [6, 6.07) is 0. The first-order valence-electron chi connectivity index (χ1n) is 5.02. The summed E-state index contributed by atoms with van der Waals surface area (Å²) in [5.41, 5.74) is 0.467. The molecule has 4 aliphatic carbocycles. The van der Waals surface area contributed by atoms with Crippen molar-refractivity contribution in [3.05, 3.63) is 0 Å². The molecule has 0 aromatic carbocycles. The van der Waals surface area contributed by atoms with Crippen molar-refractivity contribution in [2.45, 2.75) is 33.6 Å². The summed E-state index contributed by atoms with van der Waals surface area (Å²) in [5, 5.41) is 0. The highest BCUT2D eigenvalue weighted by atomic mass is 16.1. The van der Waals surface area contributed by atoms with E-state index < -0.39 is 0 Å². The Balaban J connectivity index is 2.07. The summed E-state index contributed by atoms with van der Waals surface area (Å²) in [4.78, 5) is 11.9. The highest BCUT2D eigenvalue weighted by molar-refractivity contribution is 5.92. The van der Waals surface area contributed by atoms with Gasteiger partial charge in [-0.05, 0) is 30.1 Å². The van der Waals surface area contributed by atoms with E-state index in [1.807, 2.05) is 0 Å². The Bertz CT molecular complexity index is 279. The average molecular weight is 164 g/mol. The molecule has 0 aromatic heterocycles. The molecule has 66 valence electrons. The maximum Gasteiger partial charge on any atom is 0.142 e. The summed E-state index contributed by atoms with van der Waals surface area (Å²) < 4.78 is 0. The molecule has 0 heterocycles. The van der Waals surface area contributed by atoms with Crippen molar-refractivity contribution in [2.24, 2.45) is 28.6 Å². The van der Waals surface area contributed by atoms with Gasteiger partial charge in [0.05, 0.1) is 0 Å². The van der Waals surface area contributed by atoms with Crippen LogP contribution in [0.4, 0.5) is 0 Å². The number of ketones is 1. The lowest BCUT2D eigenvalue weighted by atomic mass is 9.64. The minimum absolute atomic E-state index is 0.0111. The highest BCUT2D eigenvalue weighted by Gasteiger charge is 2.76. The Kier molecular flexibility index (Phi) is 0.897. The Morgan fingerprint density at radius 2 is 2.00 bits per heavy atom. The molecule has 1 heteroatoms. The molecule has 12 heavy (non-hydrogen) atoms. The van der Waals surface area contributed by atoms with E-state index in [2.05, 4.69) is 20.8 Å². The lowest BCUT2D eigenvalue weighted by Crippen LogP contribution is -2.41. The second kappa shape index (κ2) is 1.51. The van der Waals surface area contributed by atoms with Crippen LogP contribution < -0.4 is 0 Å². The molecule has 4 atom stereocenters. The van der Waals surface area contributed by atoms with Gasteiger partial charge < -0.3 is 0 Å². The number of carbonyl (C=O) groups is 1. The van der Waals surface area contributed by atoms with Gasteiger partial charge in [-0.2, -0.15) is 0 Å². The monoisotopic (exact) mass is 164 g/mol. The third-order valence-corrected chi connectivity index (χ3v) is 5.01. The highest BCUT2D eigenvalue weighted by Crippen LogP contribution is 2.77. The Morgan fingerprint density at radius 1 is 1.33 bits per heavy atom. The fourth-order valence-corrected chi connectivity index (χ4v) is 3.90. The summed E-state index contributed by atoms with van der Waals surface area (Å²) >= 11 is 0. The number of hydrogen-bond donors (Lipinski definition) is 0. The lowest BCUT2D eigenvalue weighted by molar-refractivity contribution is -0.137. The van der Waals surface area contributed by atoms with Crippen molar-refractivity contribution in [3.63, 3.8) is 0 Å². The largest absolute Gasteiger partial charge is 0.299 e. The van der Waals surface area contributed by atoms with E-state index in [1.165, 1.54) is 12.8 Å². The van der Waals surface area contributed by atoms with Crippen molar-refractivity contribution >= 4 is 5.78 Å². The summed E-state index contributed by atoms with van der Waals surface area (Å²) in [7, 11) is 0. The Morgan fingerprint density at radius 3 is 2.33 bits per heavy atom. The molecular weight excluding hydrogens is 148 g/mol. The predicted molar refractivity (Wildman–Crippen MR) is 46.6 cm³/mol. The van der Waals surface area contributed by atoms with Crippen LogP contribution in [-0.4, -0.2) is 5.78 Å². The van der Waals surface area contributed by atoms with Gasteiger partial charge in [-0.15, -0.1) is 0 Å². The molecule has 4 fully saturated rings. The minimum atomic E-state index is 0.0111. The van der Waals surface area contributed by atoms with E-state index >= 15 is 0 Å². The van der Waals surface area contributed by atoms with Gasteiger partial charge in [0.15, 0.2) is 0 Å². The van der Waals surface area contributed by atoms with Gasteiger partial charge in [0, 0.05) is 11.3 Å². The summed E-state index contributed by atoms with van der Waals surface area (Å²) in [6.45, 7) is 6.61. The summed E-state index contributed by atoms with van der Waals surface area (Å²) in [6.07, 6.45) is 2.65. The second-order valence-corrected chi connectivity index (χ2v) is 5.81. The molecule has 0 radical (unpaired) electrons. The zero-order valence-electron chi connectivity index (χ0n) is 8.05. The molecule has 4 rings (SSSR count). The predicted octanol–water partition coefficient (Wildman–Crippen LogP) is 2.26. The molecule has 0 spiro atoms. The van der Waals surface area contributed by atoms with E-state index in [1.54, 1.807) is 0 Å². The van der Waals surface area contributed by atoms with Crippen LogP contribution in [0.1, 0.15) is 33.6 Å². The fraction of sp³-hybridized carbons (Fsp3) is 0.909. The topological polar surface area (TPSA) is 17.1 Å². The quantitative estimate of drug-likeness (QED) is 0.536. The number of fused-ring (bicyclic) bond motifs is 1. The second-order valence-electron chi connectivity index (χ2n) is 5.81. The van der Waals surface area contributed by atoms with Crippen LogP contribution in [0.25, 0.3) is 0 Å². The first-order valence-corrected chi connectivity index (χ1v) is 5.02. The van der Waals surface area contributed by atoms with Crippen molar-refractivity contribution in [2.75, 3.05) is 0 Å². The van der Waals surface area contributed by atoms with Gasteiger partial charge in [0.1, 0.15) is 5.78 Å². The molecular formula is C11H16O. The third kappa shape index (κ3) is 0.486. The van der Waals surface area contributed by atoms with Crippen molar-refractivity contribution in [1.29, 1.82) is 0 Å². The molecule has 1 nitrogen and oxygen atoms in total. The number of carbonyl (C=O) groups excluding carboxylic acids is 1. The van der Waals surface area contributed by atoms with Crippen LogP contribution in [0.15, 0.2) is 0 Å². The maximum absolute atomic E-state index is 11.9. The van der Waals surface area contributed by atoms with Gasteiger partial charge in [-0.3, -0.25) is 4.79 Å². The van der Waals surface area contributed by atoms with Crippen LogP contribution in [0.2, 0.25) is 0 Å².